The van der Waals surface area contributed by atoms with Crippen LogP contribution in [-0.4, -0.2) is 41.6 Å². The summed E-state index contributed by atoms with van der Waals surface area (Å²) >= 11 is 3.91. The average molecular weight is 299 g/mol. The smallest absolute Gasteiger partial charge is 0.144 e. The van der Waals surface area contributed by atoms with E-state index in [9.17, 15) is 0 Å². The summed E-state index contributed by atoms with van der Waals surface area (Å²) in [6.45, 7) is 1.21. The second-order valence-corrected chi connectivity index (χ2v) is 6.78. The number of fused-ring (bicyclic) bond motifs is 2. The van der Waals surface area contributed by atoms with E-state index in [4.69, 9.17) is 10.00 Å². The van der Waals surface area contributed by atoms with E-state index in [0.29, 0.717) is 22.9 Å². The molecule has 2 saturated heterocycles. The van der Waals surface area contributed by atoms with Gasteiger partial charge in [0.2, 0.25) is 0 Å². The number of hydrogen-bond acceptors (Lipinski definition) is 3. The van der Waals surface area contributed by atoms with Gasteiger partial charge in [-0.2, -0.15) is 5.26 Å². The SMILES string of the molecule is CN1CCCC2C(Br)C3CC(C#N)OC3CC21. The van der Waals surface area contributed by atoms with Crippen LogP contribution in [0.3, 0.4) is 0 Å². The van der Waals surface area contributed by atoms with Gasteiger partial charge in [-0.15, -0.1) is 0 Å². The summed E-state index contributed by atoms with van der Waals surface area (Å²) in [5, 5.41) is 9.01. The molecule has 4 heteroatoms. The van der Waals surface area contributed by atoms with Crippen LogP contribution in [0.15, 0.2) is 0 Å². The van der Waals surface area contributed by atoms with Gasteiger partial charge in [0.15, 0.2) is 0 Å². The van der Waals surface area contributed by atoms with Gasteiger partial charge in [0, 0.05) is 16.8 Å². The molecular weight excluding hydrogens is 280 g/mol. The third-order valence-corrected chi connectivity index (χ3v) is 6.21. The molecule has 3 aliphatic rings. The summed E-state index contributed by atoms with van der Waals surface area (Å²) < 4.78 is 5.86. The second-order valence-electron chi connectivity index (χ2n) is 5.73. The van der Waals surface area contributed by atoms with Gasteiger partial charge < -0.3 is 9.64 Å². The number of nitriles is 1. The van der Waals surface area contributed by atoms with E-state index >= 15 is 0 Å². The van der Waals surface area contributed by atoms with Crippen molar-refractivity contribution in [1.29, 1.82) is 5.26 Å². The Morgan fingerprint density at radius 3 is 2.94 bits per heavy atom. The highest BCUT2D eigenvalue weighted by Gasteiger charge is 2.50. The summed E-state index contributed by atoms with van der Waals surface area (Å²) in [5.41, 5.74) is 0. The molecule has 0 spiro atoms. The van der Waals surface area contributed by atoms with Crippen molar-refractivity contribution in [2.24, 2.45) is 11.8 Å². The van der Waals surface area contributed by atoms with Gasteiger partial charge in [-0.05, 0) is 45.2 Å². The van der Waals surface area contributed by atoms with Gasteiger partial charge in [-0.1, -0.05) is 15.9 Å². The predicted octanol–water partition coefficient (Wildman–Crippen LogP) is 2.16. The minimum Gasteiger partial charge on any atom is -0.360 e. The Balaban J connectivity index is 1.80. The highest BCUT2D eigenvalue weighted by molar-refractivity contribution is 9.09. The number of likely N-dealkylation sites (tertiary alicyclic amines) is 1. The molecule has 3 nitrogen and oxygen atoms in total. The maximum absolute atomic E-state index is 9.01. The van der Waals surface area contributed by atoms with Crippen LogP contribution in [0.1, 0.15) is 25.7 Å². The Labute approximate surface area is 111 Å². The van der Waals surface area contributed by atoms with Crippen LogP contribution in [0.2, 0.25) is 0 Å². The Bertz CT molecular complexity index is 343. The van der Waals surface area contributed by atoms with Gasteiger partial charge in [0.05, 0.1) is 12.2 Å². The molecule has 0 radical (unpaired) electrons. The standard InChI is InChI=1S/C13H19BrN2O/c1-16-4-2-3-9-11(16)6-12-10(13(9)14)5-8(7-15)17-12/h8-13H,2-6H2,1H3. The molecule has 2 heterocycles. The monoisotopic (exact) mass is 298 g/mol. The average Bonchev–Trinajstić information content (AvgIpc) is 2.74. The van der Waals surface area contributed by atoms with Crippen LogP contribution in [0, 0.1) is 23.2 Å². The lowest BCUT2D eigenvalue weighted by molar-refractivity contribution is -0.0189. The van der Waals surface area contributed by atoms with E-state index < -0.39 is 0 Å². The molecule has 0 amide bonds. The number of nitrogens with zero attached hydrogens (tertiary/aromatic N) is 2. The summed E-state index contributed by atoms with van der Waals surface area (Å²) in [4.78, 5) is 3.02. The topological polar surface area (TPSA) is 36.3 Å². The highest BCUT2D eigenvalue weighted by Crippen LogP contribution is 2.47. The van der Waals surface area contributed by atoms with E-state index in [2.05, 4.69) is 33.9 Å². The predicted molar refractivity (Wildman–Crippen MR) is 68.9 cm³/mol. The van der Waals surface area contributed by atoms with Crippen molar-refractivity contribution in [1.82, 2.24) is 4.90 Å². The highest BCUT2D eigenvalue weighted by atomic mass is 79.9. The summed E-state index contributed by atoms with van der Waals surface area (Å²) in [5.74, 6) is 1.29. The first-order valence-corrected chi connectivity index (χ1v) is 7.51. The fraction of sp³-hybridized carbons (Fsp3) is 0.923. The van der Waals surface area contributed by atoms with Gasteiger partial charge in [-0.3, -0.25) is 0 Å². The molecular formula is C13H19BrN2O. The number of rotatable bonds is 0. The third kappa shape index (κ3) is 1.93. The Hall–Kier alpha value is -0.110. The van der Waals surface area contributed by atoms with E-state index in [1.807, 2.05) is 0 Å². The van der Waals surface area contributed by atoms with Gasteiger partial charge >= 0.3 is 0 Å². The van der Waals surface area contributed by atoms with E-state index in [1.54, 1.807) is 0 Å². The molecule has 6 atom stereocenters. The Morgan fingerprint density at radius 2 is 2.18 bits per heavy atom. The van der Waals surface area contributed by atoms with Crippen molar-refractivity contribution in [3.05, 3.63) is 0 Å². The fourth-order valence-electron chi connectivity index (χ4n) is 3.96. The Kier molecular flexibility index (Phi) is 3.18. The zero-order chi connectivity index (χ0) is 12.0. The molecule has 94 valence electrons. The first kappa shape index (κ1) is 12.0. The van der Waals surface area contributed by atoms with Crippen LogP contribution in [-0.2, 0) is 4.74 Å². The Morgan fingerprint density at radius 1 is 1.35 bits per heavy atom. The van der Waals surface area contributed by atoms with E-state index in [0.717, 1.165) is 18.8 Å². The molecule has 0 aromatic heterocycles. The van der Waals surface area contributed by atoms with Gasteiger partial charge in [0.25, 0.3) is 0 Å². The number of piperidine rings is 1. The summed E-state index contributed by atoms with van der Waals surface area (Å²) in [7, 11) is 2.23. The molecule has 1 saturated carbocycles. The van der Waals surface area contributed by atoms with Gasteiger partial charge in [-0.25, -0.2) is 0 Å². The van der Waals surface area contributed by atoms with Gasteiger partial charge in [0.1, 0.15) is 6.10 Å². The largest absolute Gasteiger partial charge is 0.360 e. The number of ether oxygens (including phenoxy) is 1. The fourth-order valence-corrected chi connectivity index (χ4v) is 5.13. The van der Waals surface area contributed by atoms with Crippen molar-refractivity contribution < 1.29 is 4.74 Å². The zero-order valence-corrected chi connectivity index (χ0v) is 11.8. The third-order valence-electron chi connectivity index (χ3n) is 4.85. The normalized spacial score (nSPS) is 50.4. The quantitative estimate of drug-likeness (QED) is 0.643. The lowest BCUT2D eigenvalue weighted by Crippen LogP contribution is -2.54. The second kappa shape index (κ2) is 4.53. The first-order valence-electron chi connectivity index (χ1n) is 6.60. The van der Waals surface area contributed by atoms with Crippen molar-refractivity contribution in [2.75, 3.05) is 13.6 Å². The van der Waals surface area contributed by atoms with Crippen LogP contribution in [0.5, 0.6) is 0 Å². The maximum Gasteiger partial charge on any atom is 0.144 e. The lowest BCUT2D eigenvalue weighted by atomic mass is 9.71. The van der Waals surface area contributed by atoms with Crippen LogP contribution < -0.4 is 0 Å². The van der Waals surface area contributed by atoms with E-state index in [1.165, 1.54) is 19.4 Å². The molecule has 0 aromatic carbocycles. The number of alkyl halides is 1. The first-order chi connectivity index (χ1) is 8.20. The number of halogens is 1. The van der Waals surface area contributed by atoms with E-state index in [-0.39, 0.29) is 6.10 Å². The van der Waals surface area contributed by atoms with Crippen LogP contribution in [0.25, 0.3) is 0 Å². The van der Waals surface area contributed by atoms with Crippen LogP contribution in [0.4, 0.5) is 0 Å². The molecule has 3 fully saturated rings. The van der Waals surface area contributed by atoms with Crippen molar-refractivity contribution in [3.8, 4) is 6.07 Å². The molecule has 17 heavy (non-hydrogen) atoms. The summed E-state index contributed by atoms with van der Waals surface area (Å²) in [6, 6.07) is 2.92. The molecule has 6 unspecified atom stereocenters. The zero-order valence-electron chi connectivity index (χ0n) is 10.2. The molecule has 3 rings (SSSR count). The van der Waals surface area contributed by atoms with Crippen molar-refractivity contribution >= 4 is 15.9 Å². The minimum atomic E-state index is -0.171. The van der Waals surface area contributed by atoms with Crippen LogP contribution >= 0.6 is 15.9 Å². The summed E-state index contributed by atoms with van der Waals surface area (Å²) in [6.07, 6.45) is 4.79. The number of hydrogen-bond donors (Lipinski definition) is 0. The van der Waals surface area contributed by atoms with Crippen molar-refractivity contribution in [3.63, 3.8) is 0 Å². The maximum atomic E-state index is 9.01. The minimum absolute atomic E-state index is 0.171. The molecule has 1 aliphatic carbocycles. The molecule has 2 aliphatic heterocycles. The lowest BCUT2D eigenvalue weighted by Gasteiger charge is -2.48. The molecule has 0 N–H and O–H groups in total. The molecule has 0 bridgehead atoms. The van der Waals surface area contributed by atoms with Crippen molar-refractivity contribution in [2.45, 2.75) is 48.8 Å². The molecule has 0 aromatic rings.